The summed E-state index contributed by atoms with van der Waals surface area (Å²) in [5.41, 5.74) is 8.16. The third kappa shape index (κ3) is 2.81. The lowest BCUT2D eigenvalue weighted by molar-refractivity contribution is 0.0790. The van der Waals surface area contributed by atoms with Gasteiger partial charge in [-0.3, -0.25) is 4.79 Å². The number of thiophene rings is 1. The maximum atomic E-state index is 12.5. The fourth-order valence-electron chi connectivity index (χ4n) is 3.00. The standard InChI is InChI=1S/C14H20N2OS.ClH/c1-9-2-3-11-12(8-18-13(11)6-9)14(17)16-5-4-10(15)7-16;/h8-10H,2-7,15H2,1H3;1H/t9?,10-;/m1./s1. The normalized spacial score (nSPS) is 25.9. The van der Waals surface area contributed by atoms with Gasteiger partial charge < -0.3 is 10.6 Å². The molecule has 3 rings (SSSR count). The number of nitrogens with zero attached hydrogens (tertiary/aromatic N) is 1. The summed E-state index contributed by atoms with van der Waals surface area (Å²) in [6.07, 6.45) is 4.37. The monoisotopic (exact) mass is 300 g/mol. The summed E-state index contributed by atoms with van der Waals surface area (Å²) in [5.74, 6) is 0.967. The van der Waals surface area contributed by atoms with Crippen molar-refractivity contribution in [3.05, 3.63) is 21.4 Å². The average Bonchev–Trinajstić information content (AvgIpc) is 2.94. The highest BCUT2D eigenvalue weighted by Crippen LogP contribution is 2.33. The van der Waals surface area contributed by atoms with Crippen molar-refractivity contribution in [3.8, 4) is 0 Å². The molecule has 1 aromatic rings. The number of halogens is 1. The van der Waals surface area contributed by atoms with Crippen LogP contribution in [0.2, 0.25) is 0 Å². The molecule has 0 spiro atoms. The minimum absolute atomic E-state index is 0. The Morgan fingerprint density at radius 1 is 1.47 bits per heavy atom. The minimum atomic E-state index is 0. The molecule has 0 radical (unpaired) electrons. The first-order valence-corrected chi connectivity index (χ1v) is 7.67. The van der Waals surface area contributed by atoms with Crippen molar-refractivity contribution >= 4 is 29.7 Å². The average molecular weight is 301 g/mol. The molecular weight excluding hydrogens is 280 g/mol. The molecule has 0 saturated carbocycles. The summed E-state index contributed by atoms with van der Waals surface area (Å²) in [6, 6.07) is 0.170. The van der Waals surface area contributed by atoms with E-state index < -0.39 is 0 Å². The number of rotatable bonds is 1. The van der Waals surface area contributed by atoms with Gasteiger partial charge in [0.2, 0.25) is 0 Å². The first-order chi connectivity index (χ1) is 8.65. The molecule has 1 saturated heterocycles. The molecule has 5 heteroatoms. The molecule has 1 amide bonds. The molecule has 2 atom stereocenters. The van der Waals surface area contributed by atoms with E-state index in [1.165, 1.54) is 16.9 Å². The van der Waals surface area contributed by atoms with E-state index in [1.807, 2.05) is 4.90 Å². The van der Waals surface area contributed by atoms with E-state index in [0.29, 0.717) is 0 Å². The summed E-state index contributed by atoms with van der Waals surface area (Å²) >= 11 is 1.76. The van der Waals surface area contributed by atoms with Gasteiger partial charge >= 0.3 is 0 Å². The van der Waals surface area contributed by atoms with Crippen molar-refractivity contribution in [1.82, 2.24) is 4.90 Å². The van der Waals surface area contributed by atoms with Crippen molar-refractivity contribution < 1.29 is 4.79 Å². The number of hydrogen-bond acceptors (Lipinski definition) is 3. The van der Waals surface area contributed by atoms with Crippen LogP contribution in [-0.2, 0) is 12.8 Å². The molecule has 3 nitrogen and oxygen atoms in total. The number of fused-ring (bicyclic) bond motifs is 1. The Hall–Kier alpha value is -0.580. The zero-order valence-electron chi connectivity index (χ0n) is 11.2. The summed E-state index contributed by atoms with van der Waals surface area (Å²) in [5, 5.41) is 2.06. The van der Waals surface area contributed by atoms with Gasteiger partial charge in [-0.2, -0.15) is 0 Å². The number of likely N-dealkylation sites (tertiary alicyclic amines) is 1. The van der Waals surface area contributed by atoms with E-state index in [4.69, 9.17) is 5.73 Å². The summed E-state index contributed by atoms with van der Waals surface area (Å²) < 4.78 is 0. The molecular formula is C14H21ClN2OS. The molecule has 19 heavy (non-hydrogen) atoms. The van der Waals surface area contributed by atoms with E-state index in [2.05, 4.69) is 12.3 Å². The highest BCUT2D eigenvalue weighted by molar-refractivity contribution is 7.10. The molecule has 2 aliphatic rings. The number of carbonyl (C=O) groups excluding carboxylic acids is 1. The predicted molar refractivity (Wildman–Crippen MR) is 81.3 cm³/mol. The zero-order chi connectivity index (χ0) is 12.7. The summed E-state index contributed by atoms with van der Waals surface area (Å²) in [7, 11) is 0. The third-order valence-corrected chi connectivity index (χ3v) is 5.20. The molecule has 2 N–H and O–H groups in total. The SMILES string of the molecule is CC1CCc2c(C(=O)N3CC[C@@H](N)C3)csc2C1.Cl. The lowest BCUT2D eigenvalue weighted by atomic mass is 9.88. The molecule has 0 aromatic carbocycles. The number of amides is 1. The van der Waals surface area contributed by atoms with E-state index in [1.54, 1.807) is 11.3 Å². The Kier molecular flexibility index (Phi) is 4.54. The van der Waals surface area contributed by atoms with Crippen LogP contribution >= 0.6 is 23.7 Å². The Balaban J connectivity index is 0.00000133. The van der Waals surface area contributed by atoms with E-state index >= 15 is 0 Å². The van der Waals surface area contributed by atoms with Crippen molar-refractivity contribution in [1.29, 1.82) is 0 Å². The van der Waals surface area contributed by atoms with Crippen molar-refractivity contribution in [3.63, 3.8) is 0 Å². The van der Waals surface area contributed by atoms with Crippen LogP contribution in [0.15, 0.2) is 5.38 Å². The summed E-state index contributed by atoms with van der Waals surface area (Å²) in [6.45, 7) is 3.84. The molecule has 1 aliphatic carbocycles. The maximum absolute atomic E-state index is 12.5. The van der Waals surface area contributed by atoms with Crippen LogP contribution in [0.3, 0.4) is 0 Å². The highest BCUT2D eigenvalue weighted by atomic mass is 35.5. The minimum Gasteiger partial charge on any atom is -0.337 e. The fraction of sp³-hybridized carbons (Fsp3) is 0.643. The number of nitrogens with two attached hydrogens (primary N) is 1. The largest absolute Gasteiger partial charge is 0.337 e. The lowest BCUT2D eigenvalue weighted by Crippen LogP contribution is -2.32. The molecule has 2 heterocycles. The molecule has 106 valence electrons. The van der Waals surface area contributed by atoms with Gasteiger partial charge in [0.25, 0.3) is 5.91 Å². The van der Waals surface area contributed by atoms with Crippen LogP contribution in [0.25, 0.3) is 0 Å². The van der Waals surface area contributed by atoms with Gasteiger partial charge in [-0.1, -0.05) is 6.92 Å². The number of carbonyl (C=O) groups is 1. The van der Waals surface area contributed by atoms with Gasteiger partial charge in [0, 0.05) is 29.4 Å². The zero-order valence-corrected chi connectivity index (χ0v) is 12.9. The second-order valence-corrected chi connectivity index (χ2v) is 6.66. The third-order valence-electron chi connectivity index (χ3n) is 4.14. The van der Waals surface area contributed by atoms with Crippen LogP contribution in [-0.4, -0.2) is 29.9 Å². The van der Waals surface area contributed by atoms with Crippen LogP contribution in [0.1, 0.15) is 40.6 Å². The van der Waals surface area contributed by atoms with Gasteiger partial charge in [-0.05, 0) is 37.2 Å². The number of hydrogen-bond donors (Lipinski definition) is 1. The van der Waals surface area contributed by atoms with E-state index in [-0.39, 0.29) is 24.4 Å². The second-order valence-electron chi connectivity index (χ2n) is 5.70. The molecule has 1 fully saturated rings. The van der Waals surface area contributed by atoms with Crippen molar-refractivity contribution in [2.24, 2.45) is 11.7 Å². The Morgan fingerprint density at radius 3 is 2.95 bits per heavy atom. The first kappa shape index (κ1) is 14.8. The smallest absolute Gasteiger partial charge is 0.255 e. The van der Waals surface area contributed by atoms with Gasteiger partial charge in [0.1, 0.15) is 0 Å². The Labute approximate surface area is 124 Å². The van der Waals surface area contributed by atoms with E-state index in [9.17, 15) is 4.79 Å². The van der Waals surface area contributed by atoms with Gasteiger partial charge in [0.15, 0.2) is 0 Å². The van der Waals surface area contributed by atoms with Crippen LogP contribution in [0.5, 0.6) is 0 Å². The van der Waals surface area contributed by atoms with Crippen molar-refractivity contribution in [2.45, 2.75) is 38.6 Å². The van der Waals surface area contributed by atoms with Crippen molar-refractivity contribution in [2.75, 3.05) is 13.1 Å². The highest BCUT2D eigenvalue weighted by Gasteiger charge is 2.29. The summed E-state index contributed by atoms with van der Waals surface area (Å²) in [4.78, 5) is 15.8. The lowest BCUT2D eigenvalue weighted by Gasteiger charge is -2.21. The predicted octanol–water partition coefficient (Wildman–Crippen LogP) is 2.47. The maximum Gasteiger partial charge on any atom is 0.255 e. The fourth-order valence-corrected chi connectivity index (χ4v) is 4.24. The molecule has 1 aromatic heterocycles. The first-order valence-electron chi connectivity index (χ1n) is 6.79. The Morgan fingerprint density at radius 2 is 2.26 bits per heavy atom. The second kappa shape index (κ2) is 5.81. The Bertz CT molecular complexity index is 474. The molecule has 1 aliphatic heterocycles. The van der Waals surface area contributed by atoms with Crippen LogP contribution in [0.4, 0.5) is 0 Å². The quantitative estimate of drug-likeness (QED) is 0.866. The molecule has 1 unspecified atom stereocenters. The van der Waals surface area contributed by atoms with Gasteiger partial charge in [-0.15, -0.1) is 23.7 Å². The topological polar surface area (TPSA) is 46.3 Å². The van der Waals surface area contributed by atoms with E-state index in [0.717, 1.165) is 43.8 Å². The van der Waals surface area contributed by atoms with Crippen LogP contribution < -0.4 is 5.73 Å². The molecule has 0 bridgehead atoms. The van der Waals surface area contributed by atoms with Crippen LogP contribution in [0, 0.1) is 5.92 Å². The van der Waals surface area contributed by atoms with Gasteiger partial charge in [-0.25, -0.2) is 0 Å². The van der Waals surface area contributed by atoms with Gasteiger partial charge in [0.05, 0.1) is 5.56 Å².